The van der Waals surface area contributed by atoms with Crippen LogP contribution in [0.25, 0.3) is 0 Å². The van der Waals surface area contributed by atoms with Crippen LogP contribution in [0, 0.1) is 13.8 Å². The monoisotopic (exact) mass is 488 g/mol. The van der Waals surface area contributed by atoms with Crippen molar-refractivity contribution < 1.29 is 22.7 Å². The van der Waals surface area contributed by atoms with Gasteiger partial charge in [-0.3, -0.25) is 9.52 Å². The van der Waals surface area contributed by atoms with Crippen molar-refractivity contribution in [3.8, 4) is 0 Å². The van der Waals surface area contributed by atoms with Gasteiger partial charge in [0.1, 0.15) is 4.21 Å². The van der Waals surface area contributed by atoms with Crippen molar-refractivity contribution in [2.45, 2.75) is 31.9 Å². The molecule has 1 amide bonds. The number of ether oxygens (including phenoxy) is 1. The molecule has 3 N–H and O–H groups in total. The first-order chi connectivity index (χ1) is 15.7. The lowest BCUT2D eigenvalue weighted by Crippen LogP contribution is -2.22. The molecule has 0 aliphatic carbocycles. The van der Waals surface area contributed by atoms with E-state index in [9.17, 15) is 18.0 Å². The van der Waals surface area contributed by atoms with Crippen molar-refractivity contribution in [1.29, 1.82) is 0 Å². The van der Waals surface area contributed by atoms with Crippen molar-refractivity contribution in [2.24, 2.45) is 5.10 Å². The molecule has 0 radical (unpaired) electrons. The predicted octanol–water partition coefficient (Wildman–Crippen LogP) is 3.82. The molecule has 2 aromatic heterocycles. The van der Waals surface area contributed by atoms with Gasteiger partial charge in [-0.1, -0.05) is 18.2 Å². The number of esters is 1. The van der Waals surface area contributed by atoms with Crippen LogP contribution in [0.5, 0.6) is 0 Å². The average molecular weight is 489 g/mol. The number of para-hydroxylation sites is 1. The molecule has 2 heterocycles. The van der Waals surface area contributed by atoms with Gasteiger partial charge in [-0.25, -0.2) is 18.6 Å². The largest absolute Gasteiger partial charge is 0.462 e. The first kappa shape index (κ1) is 24.2. The lowest BCUT2D eigenvalue weighted by atomic mass is 10.1. The summed E-state index contributed by atoms with van der Waals surface area (Å²) in [5, 5.41) is 5.79. The van der Waals surface area contributed by atoms with Crippen molar-refractivity contribution in [3.63, 3.8) is 0 Å². The molecule has 0 atom stereocenters. The Morgan fingerprint density at radius 1 is 1.15 bits per heavy atom. The lowest BCUT2D eigenvalue weighted by Gasteiger charge is -2.11. The van der Waals surface area contributed by atoms with Gasteiger partial charge in [-0.15, -0.1) is 11.3 Å². The van der Waals surface area contributed by atoms with Crippen LogP contribution >= 0.6 is 11.3 Å². The lowest BCUT2D eigenvalue weighted by molar-refractivity contribution is 0.0524. The Bertz CT molecular complexity index is 1310. The van der Waals surface area contributed by atoms with E-state index in [0.29, 0.717) is 28.2 Å². The fourth-order valence-corrected chi connectivity index (χ4v) is 5.33. The maximum absolute atomic E-state index is 12.8. The molecule has 11 heteroatoms. The number of nitrogens with zero attached hydrogens (tertiary/aromatic N) is 1. The standard InChI is InChI=1S/C22H24N4O5S2/c1-5-31-22(28)19-13(2)20(23-14(19)3)15(4)24-25-21(27)16-9-6-7-10-17(16)26-33(29,30)18-11-8-12-32-18/h6-12,23,26H,5H2,1-4H3,(H,25,27)/b24-15+. The fraction of sp³-hybridized carbons (Fsp3) is 0.227. The van der Waals surface area contributed by atoms with E-state index in [1.54, 1.807) is 51.3 Å². The number of nitrogens with one attached hydrogen (secondary N) is 3. The number of carbonyl (C=O) groups excluding carboxylic acids is 2. The number of hydrazone groups is 1. The van der Waals surface area contributed by atoms with Crippen LogP contribution < -0.4 is 10.1 Å². The van der Waals surface area contributed by atoms with Gasteiger partial charge in [0.15, 0.2) is 0 Å². The number of H-pyrrole nitrogens is 1. The van der Waals surface area contributed by atoms with E-state index < -0.39 is 21.9 Å². The first-order valence-electron chi connectivity index (χ1n) is 10.0. The number of sulfonamides is 1. The van der Waals surface area contributed by atoms with Crippen molar-refractivity contribution in [2.75, 3.05) is 11.3 Å². The third-order valence-corrected chi connectivity index (χ3v) is 7.54. The Kier molecular flexibility index (Phi) is 7.34. The summed E-state index contributed by atoms with van der Waals surface area (Å²) in [6.45, 7) is 7.19. The highest BCUT2D eigenvalue weighted by Gasteiger charge is 2.22. The number of thiophene rings is 1. The third kappa shape index (κ3) is 5.32. The highest BCUT2D eigenvalue weighted by molar-refractivity contribution is 7.94. The molecular formula is C22H24N4O5S2. The molecule has 0 unspecified atom stereocenters. The van der Waals surface area contributed by atoms with E-state index in [2.05, 4.69) is 20.2 Å². The highest BCUT2D eigenvalue weighted by atomic mass is 32.2. The van der Waals surface area contributed by atoms with Crippen LogP contribution in [0.3, 0.4) is 0 Å². The normalized spacial score (nSPS) is 11.8. The van der Waals surface area contributed by atoms with Crippen molar-refractivity contribution >= 4 is 44.6 Å². The van der Waals surface area contributed by atoms with Crippen LogP contribution in [0.2, 0.25) is 0 Å². The number of rotatable bonds is 8. The summed E-state index contributed by atoms with van der Waals surface area (Å²) < 4.78 is 32.8. The van der Waals surface area contributed by atoms with Gasteiger partial charge in [0, 0.05) is 5.69 Å². The third-order valence-electron chi connectivity index (χ3n) is 4.78. The Hall–Kier alpha value is -3.44. The van der Waals surface area contributed by atoms with Gasteiger partial charge in [-0.2, -0.15) is 5.10 Å². The fourth-order valence-electron chi connectivity index (χ4n) is 3.25. The van der Waals surface area contributed by atoms with E-state index in [1.807, 2.05) is 0 Å². The zero-order chi connectivity index (χ0) is 24.2. The van der Waals surface area contributed by atoms with Gasteiger partial charge < -0.3 is 9.72 Å². The van der Waals surface area contributed by atoms with E-state index in [4.69, 9.17) is 4.74 Å². The molecule has 3 aromatic rings. The number of benzene rings is 1. The minimum atomic E-state index is -3.82. The maximum atomic E-state index is 12.8. The molecule has 0 saturated carbocycles. The maximum Gasteiger partial charge on any atom is 0.340 e. The van der Waals surface area contributed by atoms with Crippen molar-refractivity contribution in [3.05, 3.63) is 69.9 Å². The van der Waals surface area contributed by atoms with Crippen molar-refractivity contribution in [1.82, 2.24) is 10.4 Å². The molecule has 3 rings (SSSR count). The number of hydrogen-bond donors (Lipinski definition) is 3. The van der Waals surface area contributed by atoms with Crippen LogP contribution in [-0.4, -0.2) is 37.6 Å². The average Bonchev–Trinajstić information content (AvgIpc) is 3.41. The Morgan fingerprint density at radius 2 is 1.88 bits per heavy atom. The minimum Gasteiger partial charge on any atom is -0.462 e. The van der Waals surface area contributed by atoms with Gasteiger partial charge in [0.25, 0.3) is 15.9 Å². The summed E-state index contributed by atoms with van der Waals surface area (Å²) in [5.74, 6) is -1.02. The van der Waals surface area contributed by atoms with E-state index >= 15 is 0 Å². The summed E-state index contributed by atoms with van der Waals surface area (Å²) >= 11 is 1.08. The number of amides is 1. The zero-order valence-electron chi connectivity index (χ0n) is 18.6. The summed E-state index contributed by atoms with van der Waals surface area (Å²) in [5.41, 5.74) is 5.44. The number of carbonyl (C=O) groups is 2. The number of hydrogen-bond acceptors (Lipinski definition) is 7. The van der Waals surface area contributed by atoms with E-state index in [-0.39, 0.29) is 22.1 Å². The summed E-state index contributed by atoms with van der Waals surface area (Å²) in [6.07, 6.45) is 0. The number of aromatic amines is 1. The summed E-state index contributed by atoms with van der Waals surface area (Å²) in [4.78, 5) is 28.1. The van der Waals surface area contributed by atoms with Crippen LogP contribution in [-0.2, 0) is 14.8 Å². The second-order valence-electron chi connectivity index (χ2n) is 7.07. The smallest absolute Gasteiger partial charge is 0.340 e. The summed E-state index contributed by atoms with van der Waals surface area (Å²) in [6, 6.07) is 9.36. The number of anilines is 1. The van der Waals surface area contributed by atoms with Crippen LogP contribution in [0.1, 0.15) is 51.5 Å². The Balaban J connectivity index is 1.82. The van der Waals surface area contributed by atoms with Crippen LogP contribution in [0.15, 0.2) is 51.1 Å². The SMILES string of the molecule is CCOC(=O)c1c(C)[nH]c(/C(C)=N/NC(=O)c2ccccc2NS(=O)(=O)c2cccs2)c1C. The molecule has 0 bridgehead atoms. The zero-order valence-corrected chi connectivity index (χ0v) is 20.2. The quantitative estimate of drug-likeness (QED) is 0.252. The molecule has 9 nitrogen and oxygen atoms in total. The molecule has 174 valence electrons. The molecular weight excluding hydrogens is 464 g/mol. The second-order valence-corrected chi connectivity index (χ2v) is 9.92. The van der Waals surface area contributed by atoms with E-state index in [0.717, 1.165) is 11.3 Å². The molecule has 0 aliphatic rings. The second kappa shape index (κ2) is 10.0. The van der Waals surface area contributed by atoms with Crippen LogP contribution in [0.4, 0.5) is 5.69 Å². The highest BCUT2D eigenvalue weighted by Crippen LogP contribution is 2.23. The molecule has 0 aliphatic heterocycles. The Morgan fingerprint density at radius 3 is 2.55 bits per heavy atom. The molecule has 0 spiro atoms. The van der Waals surface area contributed by atoms with E-state index in [1.165, 1.54) is 18.2 Å². The summed E-state index contributed by atoms with van der Waals surface area (Å²) in [7, 11) is -3.82. The number of aryl methyl sites for hydroxylation is 1. The van der Waals surface area contributed by atoms with Gasteiger partial charge in [0.05, 0.1) is 34.8 Å². The molecule has 1 aromatic carbocycles. The van der Waals surface area contributed by atoms with Gasteiger partial charge in [-0.05, 0) is 56.8 Å². The number of aromatic nitrogens is 1. The topological polar surface area (TPSA) is 130 Å². The molecule has 0 fully saturated rings. The molecule has 33 heavy (non-hydrogen) atoms. The predicted molar refractivity (Wildman–Crippen MR) is 127 cm³/mol. The first-order valence-corrected chi connectivity index (χ1v) is 12.4. The Labute approximate surface area is 195 Å². The molecule has 0 saturated heterocycles. The minimum absolute atomic E-state index is 0.112. The van der Waals surface area contributed by atoms with Gasteiger partial charge >= 0.3 is 5.97 Å². The van der Waals surface area contributed by atoms with Gasteiger partial charge in [0.2, 0.25) is 0 Å².